The standard InChI is InChI=1S/C14H18ClNO3S/c1-10(12-2-4-13(15)5-3-12)16-14(17)8-11-6-7-20(18,19)9-11/h2-5,10-11H,6-9H2,1H3,(H,16,17). The highest BCUT2D eigenvalue weighted by molar-refractivity contribution is 7.91. The van der Waals surface area contributed by atoms with Gasteiger partial charge < -0.3 is 5.32 Å². The van der Waals surface area contributed by atoms with E-state index in [-0.39, 0.29) is 35.8 Å². The maximum Gasteiger partial charge on any atom is 0.220 e. The fraction of sp³-hybridized carbons (Fsp3) is 0.500. The molecular formula is C14H18ClNO3S. The summed E-state index contributed by atoms with van der Waals surface area (Å²) < 4.78 is 22.7. The van der Waals surface area contributed by atoms with Crippen LogP contribution in [0.5, 0.6) is 0 Å². The van der Waals surface area contributed by atoms with Crippen LogP contribution in [0.25, 0.3) is 0 Å². The first kappa shape index (κ1) is 15.3. The number of sulfone groups is 1. The molecule has 0 aliphatic carbocycles. The van der Waals surface area contributed by atoms with E-state index in [0.717, 1.165) is 5.56 Å². The third-order valence-corrected chi connectivity index (χ3v) is 5.64. The SMILES string of the molecule is CC(NC(=O)CC1CCS(=O)(=O)C1)c1ccc(Cl)cc1. The lowest BCUT2D eigenvalue weighted by Crippen LogP contribution is -2.28. The Kier molecular flexibility index (Phi) is 4.70. The summed E-state index contributed by atoms with van der Waals surface area (Å²) in [7, 11) is -2.92. The van der Waals surface area contributed by atoms with Crippen molar-refractivity contribution in [1.29, 1.82) is 0 Å². The van der Waals surface area contributed by atoms with E-state index >= 15 is 0 Å². The van der Waals surface area contributed by atoms with Gasteiger partial charge in [0.25, 0.3) is 0 Å². The highest BCUT2D eigenvalue weighted by atomic mass is 35.5. The molecule has 0 spiro atoms. The third kappa shape index (κ3) is 4.21. The van der Waals surface area contributed by atoms with Crippen molar-refractivity contribution in [1.82, 2.24) is 5.32 Å². The highest BCUT2D eigenvalue weighted by Gasteiger charge is 2.29. The zero-order valence-corrected chi connectivity index (χ0v) is 12.9. The fourth-order valence-corrected chi connectivity index (χ4v) is 4.42. The minimum absolute atomic E-state index is 0.0441. The largest absolute Gasteiger partial charge is 0.350 e. The van der Waals surface area contributed by atoms with Crippen molar-refractivity contribution in [3.05, 3.63) is 34.9 Å². The maximum absolute atomic E-state index is 11.9. The van der Waals surface area contributed by atoms with Gasteiger partial charge in [-0.05, 0) is 37.0 Å². The lowest BCUT2D eigenvalue weighted by atomic mass is 10.0. The number of nitrogens with one attached hydrogen (secondary N) is 1. The van der Waals surface area contributed by atoms with Crippen LogP contribution < -0.4 is 5.32 Å². The molecule has 2 unspecified atom stereocenters. The van der Waals surface area contributed by atoms with Crippen molar-refractivity contribution in [3.63, 3.8) is 0 Å². The van der Waals surface area contributed by atoms with Crippen LogP contribution in [0.3, 0.4) is 0 Å². The summed E-state index contributed by atoms with van der Waals surface area (Å²) in [5.74, 6) is 0.194. The second-order valence-corrected chi connectivity index (χ2v) is 7.98. The Morgan fingerprint density at radius 3 is 2.60 bits per heavy atom. The topological polar surface area (TPSA) is 63.2 Å². The number of hydrogen-bond acceptors (Lipinski definition) is 3. The van der Waals surface area contributed by atoms with Crippen LogP contribution in [-0.2, 0) is 14.6 Å². The minimum atomic E-state index is -2.92. The van der Waals surface area contributed by atoms with Crippen LogP contribution in [0.4, 0.5) is 0 Å². The molecule has 6 heteroatoms. The average Bonchev–Trinajstić information content (AvgIpc) is 2.69. The molecule has 1 aliphatic heterocycles. The van der Waals surface area contributed by atoms with Gasteiger partial charge in [-0.1, -0.05) is 23.7 Å². The Morgan fingerprint density at radius 2 is 2.05 bits per heavy atom. The molecule has 1 fully saturated rings. The third-order valence-electron chi connectivity index (χ3n) is 3.55. The van der Waals surface area contributed by atoms with Crippen molar-refractivity contribution < 1.29 is 13.2 Å². The number of carbonyl (C=O) groups is 1. The second-order valence-electron chi connectivity index (χ2n) is 5.31. The van der Waals surface area contributed by atoms with Gasteiger partial charge in [-0.15, -0.1) is 0 Å². The van der Waals surface area contributed by atoms with E-state index in [1.165, 1.54) is 0 Å². The van der Waals surface area contributed by atoms with Gasteiger partial charge in [0, 0.05) is 11.4 Å². The van der Waals surface area contributed by atoms with E-state index in [0.29, 0.717) is 11.4 Å². The minimum Gasteiger partial charge on any atom is -0.350 e. The second kappa shape index (κ2) is 6.14. The maximum atomic E-state index is 11.9. The van der Waals surface area contributed by atoms with Crippen molar-refractivity contribution in [2.75, 3.05) is 11.5 Å². The normalized spacial score (nSPS) is 22.4. The summed E-state index contributed by atoms with van der Waals surface area (Å²) in [5, 5.41) is 3.55. The van der Waals surface area contributed by atoms with E-state index in [4.69, 9.17) is 11.6 Å². The van der Waals surface area contributed by atoms with Crippen molar-refractivity contribution in [3.8, 4) is 0 Å². The Morgan fingerprint density at radius 1 is 1.40 bits per heavy atom. The first-order valence-electron chi connectivity index (χ1n) is 6.61. The molecule has 2 atom stereocenters. The molecule has 1 amide bonds. The van der Waals surface area contributed by atoms with Crippen LogP contribution in [-0.4, -0.2) is 25.8 Å². The van der Waals surface area contributed by atoms with Crippen molar-refractivity contribution in [2.45, 2.75) is 25.8 Å². The fourth-order valence-electron chi connectivity index (χ4n) is 2.43. The van der Waals surface area contributed by atoms with Crippen LogP contribution >= 0.6 is 11.6 Å². The van der Waals surface area contributed by atoms with Gasteiger partial charge in [0.05, 0.1) is 17.5 Å². The molecule has 1 heterocycles. The average molecular weight is 316 g/mol. The Balaban J connectivity index is 1.87. The number of benzene rings is 1. The van der Waals surface area contributed by atoms with E-state index in [1.54, 1.807) is 12.1 Å². The first-order chi connectivity index (χ1) is 9.35. The smallest absolute Gasteiger partial charge is 0.220 e. The predicted octanol–water partition coefficient (Wildman–Crippen LogP) is 2.34. The van der Waals surface area contributed by atoms with E-state index in [9.17, 15) is 13.2 Å². The molecule has 1 aromatic carbocycles. The quantitative estimate of drug-likeness (QED) is 0.927. The van der Waals surface area contributed by atoms with E-state index in [2.05, 4.69) is 5.32 Å². The van der Waals surface area contributed by atoms with Crippen molar-refractivity contribution >= 4 is 27.3 Å². The molecule has 1 aliphatic rings. The van der Waals surface area contributed by atoms with E-state index in [1.807, 2.05) is 19.1 Å². The van der Waals surface area contributed by atoms with Gasteiger partial charge in [0.2, 0.25) is 5.91 Å². The molecule has 4 nitrogen and oxygen atoms in total. The zero-order valence-electron chi connectivity index (χ0n) is 11.3. The van der Waals surface area contributed by atoms with Gasteiger partial charge in [0.15, 0.2) is 9.84 Å². The molecule has 0 radical (unpaired) electrons. The Bertz CT molecular complexity index is 583. The van der Waals surface area contributed by atoms with Crippen LogP contribution in [0, 0.1) is 5.92 Å². The summed E-state index contributed by atoms with van der Waals surface area (Å²) in [6, 6.07) is 7.19. The molecule has 0 bridgehead atoms. The van der Waals surface area contributed by atoms with Crippen LogP contribution in [0.15, 0.2) is 24.3 Å². The number of rotatable bonds is 4. The summed E-state index contributed by atoms with van der Waals surface area (Å²) >= 11 is 5.82. The number of hydrogen-bond donors (Lipinski definition) is 1. The summed E-state index contributed by atoms with van der Waals surface area (Å²) in [5.41, 5.74) is 0.974. The van der Waals surface area contributed by atoms with Gasteiger partial charge >= 0.3 is 0 Å². The number of carbonyl (C=O) groups excluding carboxylic acids is 1. The highest BCUT2D eigenvalue weighted by Crippen LogP contribution is 2.22. The Hall–Kier alpha value is -1.07. The van der Waals surface area contributed by atoms with Crippen molar-refractivity contribution in [2.24, 2.45) is 5.92 Å². The van der Waals surface area contributed by atoms with Crippen LogP contribution in [0.2, 0.25) is 5.02 Å². The Labute approximate surface area is 124 Å². The number of halogens is 1. The zero-order chi connectivity index (χ0) is 14.8. The monoisotopic (exact) mass is 315 g/mol. The summed E-state index contributed by atoms with van der Waals surface area (Å²) in [4.78, 5) is 11.9. The van der Waals surface area contributed by atoms with E-state index < -0.39 is 9.84 Å². The molecule has 1 aromatic rings. The van der Waals surface area contributed by atoms with Gasteiger partial charge in [-0.2, -0.15) is 0 Å². The van der Waals surface area contributed by atoms with Gasteiger partial charge in [0.1, 0.15) is 0 Å². The van der Waals surface area contributed by atoms with Gasteiger partial charge in [-0.25, -0.2) is 8.42 Å². The molecule has 110 valence electrons. The molecule has 2 rings (SSSR count). The molecule has 0 aromatic heterocycles. The lowest BCUT2D eigenvalue weighted by Gasteiger charge is -2.16. The van der Waals surface area contributed by atoms with Gasteiger partial charge in [-0.3, -0.25) is 4.79 Å². The molecule has 20 heavy (non-hydrogen) atoms. The van der Waals surface area contributed by atoms with Crippen LogP contribution in [0.1, 0.15) is 31.4 Å². The first-order valence-corrected chi connectivity index (χ1v) is 8.81. The molecule has 0 saturated carbocycles. The number of amides is 1. The molecular weight excluding hydrogens is 298 g/mol. The lowest BCUT2D eigenvalue weighted by molar-refractivity contribution is -0.122. The summed E-state index contributed by atoms with van der Waals surface area (Å²) in [6.07, 6.45) is 0.863. The predicted molar refractivity (Wildman–Crippen MR) is 79.4 cm³/mol. The molecule has 1 N–H and O–H groups in total. The summed E-state index contributed by atoms with van der Waals surface area (Å²) in [6.45, 7) is 1.90. The molecule has 1 saturated heterocycles.